The van der Waals surface area contributed by atoms with Gasteiger partial charge in [-0.3, -0.25) is 4.79 Å². The van der Waals surface area contributed by atoms with E-state index in [1.165, 1.54) is 26.0 Å². The molecule has 0 aliphatic carbocycles. The molecule has 0 saturated carbocycles. The average Bonchev–Trinajstić information content (AvgIpc) is 2.29. The van der Waals surface area contributed by atoms with Gasteiger partial charge < -0.3 is 14.9 Å². The average molecular weight is 266 g/mol. The number of aromatic carboxylic acids is 1. The molecule has 102 valence electrons. The highest BCUT2D eigenvalue weighted by atomic mass is 16.5. The van der Waals surface area contributed by atoms with E-state index < -0.39 is 17.9 Å². The second kappa shape index (κ2) is 7.65. The maximum atomic E-state index is 10.6. The Hall–Kier alpha value is -2.63. The highest BCUT2D eigenvalue weighted by Crippen LogP contribution is 2.17. The second-order valence-electron chi connectivity index (χ2n) is 3.48. The fourth-order valence-corrected chi connectivity index (χ4v) is 0.887. The van der Waals surface area contributed by atoms with E-state index in [9.17, 15) is 14.4 Å². The number of carbonyl (C=O) groups excluding carboxylic acids is 1. The van der Waals surface area contributed by atoms with Crippen LogP contribution in [0.25, 0.3) is 0 Å². The Morgan fingerprint density at radius 2 is 1.58 bits per heavy atom. The van der Waals surface area contributed by atoms with Crippen LogP contribution in [0, 0.1) is 0 Å². The highest BCUT2D eigenvalue weighted by Gasteiger charge is 2.10. The third-order valence-corrected chi connectivity index (χ3v) is 1.74. The summed E-state index contributed by atoms with van der Waals surface area (Å²) in [6.45, 7) is 5.82. The number of hydrogen-bond donors (Lipinski definition) is 2. The van der Waals surface area contributed by atoms with Gasteiger partial charge in [-0.15, -0.1) is 0 Å². The van der Waals surface area contributed by atoms with E-state index in [0.717, 1.165) is 0 Å². The van der Waals surface area contributed by atoms with Crippen LogP contribution < -0.4 is 4.74 Å². The predicted molar refractivity (Wildman–Crippen MR) is 67.2 cm³/mol. The van der Waals surface area contributed by atoms with Crippen LogP contribution in [-0.4, -0.2) is 28.1 Å². The van der Waals surface area contributed by atoms with Crippen LogP contribution in [0.4, 0.5) is 0 Å². The molecule has 0 bridgehead atoms. The lowest BCUT2D eigenvalue weighted by atomic mass is 10.2. The van der Waals surface area contributed by atoms with Crippen molar-refractivity contribution in [2.45, 2.75) is 13.8 Å². The van der Waals surface area contributed by atoms with Crippen molar-refractivity contribution >= 4 is 17.9 Å². The van der Waals surface area contributed by atoms with Gasteiger partial charge in [-0.05, 0) is 19.1 Å². The number of carboxylic acid groups (broad SMARTS) is 2. The molecule has 0 radical (unpaired) electrons. The Kier molecular flexibility index (Phi) is 6.59. The number of hydrogen-bond acceptors (Lipinski definition) is 4. The van der Waals surface area contributed by atoms with E-state index in [1.54, 1.807) is 12.1 Å². The third-order valence-electron chi connectivity index (χ3n) is 1.74. The number of para-hydroxylation sites is 1. The minimum atomic E-state index is -1.11. The van der Waals surface area contributed by atoms with E-state index in [-0.39, 0.29) is 16.9 Å². The van der Waals surface area contributed by atoms with E-state index in [1.807, 2.05) is 0 Å². The topological polar surface area (TPSA) is 101 Å². The Balaban J connectivity index is 0.000000459. The molecule has 0 saturated heterocycles. The molecular formula is C13H14O6. The number of aliphatic carboxylic acids is 1. The van der Waals surface area contributed by atoms with Crippen molar-refractivity contribution in [3.05, 3.63) is 42.0 Å². The van der Waals surface area contributed by atoms with Crippen LogP contribution in [0.1, 0.15) is 24.2 Å². The maximum Gasteiger partial charge on any atom is 0.339 e. The number of carboxylic acids is 2. The maximum absolute atomic E-state index is 10.6. The minimum Gasteiger partial charge on any atom is -0.478 e. The van der Waals surface area contributed by atoms with Crippen LogP contribution in [0.3, 0.4) is 0 Å². The minimum absolute atomic E-state index is 0.0160. The SMILES string of the molecule is C=C(C)C(=O)O.CC(=O)Oc1ccccc1C(=O)O. The first-order valence-electron chi connectivity index (χ1n) is 5.15. The monoisotopic (exact) mass is 266 g/mol. The molecule has 0 atom stereocenters. The van der Waals surface area contributed by atoms with E-state index in [4.69, 9.17) is 10.2 Å². The van der Waals surface area contributed by atoms with Gasteiger partial charge >= 0.3 is 17.9 Å². The van der Waals surface area contributed by atoms with Gasteiger partial charge in [0.2, 0.25) is 0 Å². The molecule has 1 aromatic rings. The Morgan fingerprint density at radius 1 is 1.11 bits per heavy atom. The van der Waals surface area contributed by atoms with Crippen LogP contribution in [-0.2, 0) is 9.59 Å². The predicted octanol–water partition coefficient (Wildman–Crippen LogP) is 1.96. The first kappa shape index (κ1) is 16.4. The summed E-state index contributed by atoms with van der Waals surface area (Å²) in [5.74, 6) is -2.51. The number of esters is 1. The van der Waals surface area contributed by atoms with Crippen LogP contribution in [0.2, 0.25) is 0 Å². The molecule has 0 aliphatic rings. The fourth-order valence-electron chi connectivity index (χ4n) is 0.887. The summed E-state index contributed by atoms with van der Waals surface area (Å²) in [6, 6.07) is 5.98. The van der Waals surface area contributed by atoms with Gasteiger partial charge in [0.1, 0.15) is 11.3 Å². The zero-order valence-corrected chi connectivity index (χ0v) is 10.5. The van der Waals surface area contributed by atoms with Gasteiger partial charge in [0.15, 0.2) is 0 Å². The summed E-state index contributed by atoms with van der Waals surface area (Å²) in [7, 11) is 0. The lowest BCUT2D eigenvalue weighted by Crippen LogP contribution is -2.06. The largest absolute Gasteiger partial charge is 0.478 e. The summed E-state index contributed by atoms with van der Waals surface area (Å²) in [5, 5.41) is 16.6. The zero-order valence-electron chi connectivity index (χ0n) is 10.5. The lowest BCUT2D eigenvalue weighted by Gasteiger charge is -2.03. The molecule has 0 fully saturated rings. The highest BCUT2D eigenvalue weighted by molar-refractivity contribution is 5.91. The number of benzene rings is 1. The molecule has 19 heavy (non-hydrogen) atoms. The molecule has 0 aromatic heterocycles. The smallest absolute Gasteiger partial charge is 0.339 e. The van der Waals surface area contributed by atoms with Gasteiger partial charge in [-0.1, -0.05) is 18.7 Å². The van der Waals surface area contributed by atoms with Gasteiger partial charge in [0.05, 0.1) is 0 Å². The molecule has 0 heterocycles. The van der Waals surface area contributed by atoms with Crippen molar-refractivity contribution < 1.29 is 29.3 Å². The molecule has 6 nitrogen and oxygen atoms in total. The Bertz CT molecular complexity index is 492. The molecule has 1 aromatic carbocycles. The van der Waals surface area contributed by atoms with Crippen molar-refractivity contribution in [1.29, 1.82) is 0 Å². The number of rotatable bonds is 3. The van der Waals surface area contributed by atoms with Gasteiger partial charge in [-0.25, -0.2) is 9.59 Å². The molecule has 2 N–H and O–H groups in total. The van der Waals surface area contributed by atoms with Crippen molar-refractivity contribution in [2.75, 3.05) is 0 Å². The van der Waals surface area contributed by atoms with Crippen molar-refractivity contribution in [2.24, 2.45) is 0 Å². The van der Waals surface area contributed by atoms with E-state index >= 15 is 0 Å². The van der Waals surface area contributed by atoms with Gasteiger partial charge in [0.25, 0.3) is 0 Å². The third kappa shape index (κ3) is 6.62. The first-order chi connectivity index (χ1) is 8.75. The van der Waals surface area contributed by atoms with E-state index in [0.29, 0.717) is 0 Å². The van der Waals surface area contributed by atoms with Crippen LogP contribution >= 0.6 is 0 Å². The summed E-state index contributed by atoms with van der Waals surface area (Å²) in [5.41, 5.74) is 0.160. The summed E-state index contributed by atoms with van der Waals surface area (Å²) < 4.78 is 4.69. The molecule has 0 aliphatic heterocycles. The molecule has 0 unspecified atom stereocenters. The lowest BCUT2D eigenvalue weighted by molar-refractivity contribution is -0.133. The van der Waals surface area contributed by atoms with Gasteiger partial charge in [0, 0.05) is 12.5 Å². The molecule has 0 amide bonds. The van der Waals surface area contributed by atoms with Crippen molar-refractivity contribution in [1.82, 2.24) is 0 Å². The standard InChI is InChI=1S/C9H8O4.C4H6O2/c1-6(10)13-8-5-3-2-4-7(8)9(11)12;1-3(2)4(5)6/h2-5H,1H3,(H,11,12);1H2,2H3,(H,5,6). The number of carbonyl (C=O) groups is 3. The molecule has 1 rings (SSSR count). The first-order valence-corrected chi connectivity index (χ1v) is 5.15. The summed E-state index contributed by atoms with van der Waals surface area (Å²) >= 11 is 0. The second-order valence-corrected chi connectivity index (χ2v) is 3.48. The summed E-state index contributed by atoms with van der Waals surface area (Å²) in [4.78, 5) is 30.8. The van der Waals surface area contributed by atoms with E-state index in [2.05, 4.69) is 11.3 Å². The Labute approximate surface area is 109 Å². The molecule has 0 spiro atoms. The number of ether oxygens (including phenoxy) is 1. The van der Waals surface area contributed by atoms with Crippen molar-refractivity contribution in [3.63, 3.8) is 0 Å². The normalized spacial score (nSPS) is 8.74. The molecule has 6 heteroatoms. The van der Waals surface area contributed by atoms with Crippen LogP contribution in [0.15, 0.2) is 36.4 Å². The van der Waals surface area contributed by atoms with Crippen LogP contribution in [0.5, 0.6) is 5.75 Å². The van der Waals surface area contributed by atoms with Gasteiger partial charge in [-0.2, -0.15) is 0 Å². The molecular weight excluding hydrogens is 252 g/mol. The summed E-state index contributed by atoms with van der Waals surface area (Å²) in [6.07, 6.45) is 0. The van der Waals surface area contributed by atoms with Crippen molar-refractivity contribution in [3.8, 4) is 5.75 Å². The quantitative estimate of drug-likeness (QED) is 0.492. The Morgan fingerprint density at radius 3 is 1.95 bits per heavy atom. The fraction of sp³-hybridized carbons (Fsp3) is 0.154. The zero-order chi connectivity index (χ0) is 15.0.